The van der Waals surface area contributed by atoms with Crippen molar-refractivity contribution in [1.29, 1.82) is 0 Å². The van der Waals surface area contributed by atoms with Crippen molar-refractivity contribution in [3.05, 3.63) is 263 Å². The van der Waals surface area contributed by atoms with Crippen molar-refractivity contribution < 1.29 is 26.2 Å². The van der Waals surface area contributed by atoms with E-state index in [-0.39, 0.29) is 45.7 Å². The van der Waals surface area contributed by atoms with Crippen molar-refractivity contribution >= 4 is 162 Å². The molecule has 7 aromatic carbocycles. The van der Waals surface area contributed by atoms with Gasteiger partial charge in [0.25, 0.3) is 0 Å². The van der Waals surface area contributed by atoms with Gasteiger partial charge in [-0.05, 0) is 258 Å². The number of fused-ring (bicyclic) bond motifs is 17. The van der Waals surface area contributed by atoms with Gasteiger partial charge in [-0.2, -0.15) is 0 Å². The minimum absolute atomic E-state index is 0. The van der Waals surface area contributed by atoms with E-state index in [1.807, 2.05) is 147 Å². The molecule has 5 aliphatic heterocycles. The van der Waals surface area contributed by atoms with E-state index in [0.717, 1.165) is 167 Å². The minimum atomic E-state index is -0.751. The molecule has 5 unspecified atom stereocenters. The molecule has 22 rings (SSSR count). The third-order valence-corrected chi connectivity index (χ3v) is 25.3. The summed E-state index contributed by atoms with van der Waals surface area (Å²) < 4.78 is 56.5. The van der Waals surface area contributed by atoms with E-state index < -0.39 is 18.1 Å². The Bertz CT molecular complexity index is 7160. The Hall–Kier alpha value is -13.5. The van der Waals surface area contributed by atoms with E-state index in [2.05, 4.69) is 293 Å². The van der Waals surface area contributed by atoms with Crippen molar-refractivity contribution in [2.24, 2.45) is 0 Å². The summed E-state index contributed by atoms with van der Waals surface area (Å²) in [7, 11) is 4.22. The number of benzene rings is 7. The molecule has 20 heteroatoms. The van der Waals surface area contributed by atoms with Crippen LogP contribution in [0.2, 0.25) is 0 Å². The quantitative estimate of drug-likeness (QED) is 0.141. The van der Waals surface area contributed by atoms with Gasteiger partial charge in [-0.15, -0.1) is 0 Å². The van der Waals surface area contributed by atoms with Gasteiger partial charge in [-0.3, -0.25) is 0 Å². The number of hydrogen-bond acceptors (Lipinski definition) is 20. The molecule has 0 bridgehead atoms. The average molecular weight is 1690 g/mol. The number of pyridine rings is 5. The molecule has 5 atom stereocenters. The SMILES string of the molecule is C.C.Cc1ccc2c(n1)oc1c(N3C=CN(C)C3C)c(C)ccc12.Cc1ccc2c(n1)oc1c(N3c4ccccc4N(C)C3C)c(C)ccc12.[2H]C(C)(C)N1C=CN(c2c(C)ccc3c2oc2nc(C)ccc23)C1C.[2H]C(C)(C)N1C=CN(c2c(C)ccc3c2oc2nc(C)ccc23)C1C.[2H]C(C)(C)N1c2ccccc2N(c2c(C)ccc3c2oc2nc(C)ccc23)C1C. The number of anilines is 9. The molecule has 648 valence electrons. The van der Waals surface area contributed by atoms with Crippen molar-refractivity contribution in [1.82, 2.24) is 39.6 Å². The smallest absolute Gasteiger partial charge is 0.227 e. The molecule has 20 nitrogen and oxygen atoms in total. The molecule has 0 saturated heterocycles. The van der Waals surface area contributed by atoms with Crippen LogP contribution < -0.4 is 34.3 Å². The molecule has 5 aliphatic rings. The summed E-state index contributed by atoms with van der Waals surface area (Å²) in [5.74, 6) is 0. The highest BCUT2D eigenvalue weighted by molar-refractivity contribution is 6.14. The van der Waals surface area contributed by atoms with Gasteiger partial charge in [0, 0.05) is 152 Å². The Morgan fingerprint density at radius 3 is 0.833 bits per heavy atom. The molecule has 0 radical (unpaired) electrons. The van der Waals surface area contributed by atoms with Crippen molar-refractivity contribution in [3.8, 4) is 0 Å². The van der Waals surface area contributed by atoms with Crippen LogP contribution in [0.4, 0.5) is 51.2 Å². The van der Waals surface area contributed by atoms with Gasteiger partial charge in [-0.25, -0.2) is 24.9 Å². The Morgan fingerprint density at radius 1 is 0.278 bits per heavy atom. The maximum atomic E-state index is 8.74. The lowest BCUT2D eigenvalue weighted by molar-refractivity contribution is 0.263. The van der Waals surface area contributed by atoms with Gasteiger partial charge in [0.2, 0.25) is 28.6 Å². The van der Waals surface area contributed by atoms with E-state index in [1.54, 1.807) is 0 Å². The van der Waals surface area contributed by atoms with Gasteiger partial charge in [0.15, 0.2) is 27.9 Å². The maximum absolute atomic E-state index is 8.74. The molecule has 0 fully saturated rings. The van der Waals surface area contributed by atoms with E-state index in [9.17, 15) is 0 Å². The number of furan rings is 5. The highest BCUT2D eigenvalue weighted by atomic mass is 16.4. The predicted octanol–water partition coefficient (Wildman–Crippen LogP) is 27.2. The van der Waals surface area contributed by atoms with Crippen LogP contribution in [-0.4, -0.2) is 103 Å². The molecular weight excluding hydrogens is 1560 g/mol. The van der Waals surface area contributed by atoms with Crippen LogP contribution in [0.25, 0.3) is 110 Å². The topological polar surface area (TPSA) is 163 Å². The number of rotatable bonds is 8. The van der Waals surface area contributed by atoms with Gasteiger partial charge in [0.1, 0.15) is 30.8 Å². The summed E-state index contributed by atoms with van der Waals surface area (Å²) in [6.45, 7) is 42.7. The zero-order valence-corrected chi connectivity index (χ0v) is 75.3. The van der Waals surface area contributed by atoms with Crippen LogP contribution in [-0.2, 0) is 0 Å². The summed E-state index contributed by atoms with van der Waals surface area (Å²) in [6.07, 6.45) is 12.8. The number of nitrogens with zero attached hydrogens (tertiary/aromatic N) is 15. The summed E-state index contributed by atoms with van der Waals surface area (Å²) in [6, 6.07) is 56.6. The first-order chi connectivity index (χ1) is 60.4. The fraction of sp³-hybridized carbons (Fsp3) is 0.311. The predicted molar refractivity (Wildman–Crippen MR) is 525 cm³/mol. The fourth-order valence-electron chi connectivity index (χ4n) is 18.7. The third kappa shape index (κ3) is 14.6. The largest absolute Gasteiger partial charge is 0.435 e. The fourth-order valence-corrected chi connectivity index (χ4v) is 18.7. The number of aromatic nitrogens is 5. The number of para-hydroxylation sites is 4. The van der Waals surface area contributed by atoms with E-state index in [1.165, 1.54) is 22.5 Å². The summed E-state index contributed by atoms with van der Waals surface area (Å²) in [5, 5.41) is 10.7. The molecule has 15 heterocycles. The van der Waals surface area contributed by atoms with Crippen LogP contribution >= 0.6 is 0 Å². The molecule has 126 heavy (non-hydrogen) atoms. The van der Waals surface area contributed by atoms with E-state index in [4.69, 9.17) is 26.2 Å². The zero-order valence-electron chi connectivity index (χ0n) is 78.3. The second-order valence-electron chi connectivity index (χ2n) is 34.4. The Balaban J connectivity index is 0.000000118. The summed E-state index contributed by atoms with van der Waals surface area (Å²) >= 11 is 0. The van der Waals surface area contributed by atoms with Crippen molar-refractivity contribution in [2.75, 3.05) is 48.4 Å². The minimum Gasteiger partial charge on any atom is -0.435 e. The van der Waals surface area contributed by atoms with Crippen molar-refractivity contribution in [3.63, 3.8) is 0 Å². The Kier molecular flexibility index (Phi) is 21.9. The van der Waals surface area contributed by atoms with Crippen LogP contribution in [0.15, 0.2) is 229 Å². The second-order valence-corrected chi connectivity index (χ2v) is 34.4. The first kappa shape index (κ1) is 82.1. The maximum Gasteiger partial charge on any atom is 0.227 e. The Labute approximate surface area is 744 Å². The Morgan fingerprint density at radius 2 is 0.540 bits per heavy atom. The molecule has 10 aromatic heterocycles. The molecular formula is C106H119N15O5. The highest BCUT2D eigenvalue weighted by Gasteiger charge is 2.39. The number of aryl methyl sites for hydroxylation is 10. The lowest BCUT2D eigenvalue weighted by Crippen LogP contribution is -2.42. The molecule has 0 amide bonds. The van der Waals surface area contributed by atoms with Crippen LogP contribution in [0.3, 0.4) is 0 Å². The lowest BCUT2D eigenvalue weighted by Gasteiger charge is -2.33. The van der Waals surface area contributed by atoms with Gasteiger partial charge < -0.3 is 71.1 Å². The standard InChI is InChI=1S/C24H25N3O.C22H21N3O.2C20H23N3O.C18H19N3O.2CH4/c1-14(2)26-17(5)27(21-9-7-6-8-20(21)26)22-15(3)10-12-18-19-13-11-16(4)25-24(19)28-23(18)22;1-13-9-11-16-17-12-10-14(2)23-22(17)26-21(16)20(13)25-15(3)24(4)18-7-5-6-8-19(18)25;2*1-12(2)22-10-11-23(15(22)5)18-13(3)6-8-16-17-9-7-14(4)21-20(17)24-19(16)18;1-11-5-7-14-15-8-6-12(2)19-18(15)22-17(14)16(11)21-10-9-20(4)13(21)3;;/h6-14,17H,1-5H3;5-12,15H,1-4H3;2*6-12,15H,1-5H3;5-10,13H,1-4H3;2*1H4/i14D;;2*12D;;;. The van der Waals surface area contributed by atoms with Crippen LogP contribution in [0.1, 0.15) is 151 Å². The highest BCUT2D eigenvalue weighted by Crippen LogP contribution is 2.52. The van der Waals surface area contributed by atoms with Gasteiger partial charge in [-0.1, -0.05) is 99.8 Å². The molecule has 0 saturated carbocycles. The monoisotopic (exact) mass is 1680 g/mol. The molecule has 0 N–H and O–H groups in total. The summed E-state index contributed by atoms with van der Waals surface area (Å²) in [4.78, 5) is 44.8. The lowest BCUT2D eigenvalue weighted by atomic mass is 10.1. The molecule has 0 spiro atoms. The number of hydrogen-bond donors (Lipinski definition) is 0. The van der Waals surface area contributed by atoms with E-state index in [0.29, 0.717) is 28.6 Å². The average Bonchev–Trinajstić information content (AvgIpc) is 1.58. The van der Waals surface area contributed by atoms with Gasteiger partial charge >= 0.3 is 0 Å². The van der Waals surface area contributed by atoms with Gasteiger partial charge in [0.05, 0.1) is 55.3 Å². The first-order valence-electron chi connectivity index (χ1n) is 44.4. The van der Waals surface area contributed by atoms with Crippen LogP contribution in [0, 0.1) is 69.2 Å². The van der Waals surface area contributed by atoms with Crippen molar-refractivity contribution in [2.45, 2.75) is 209 Å². The third-order valence-electron chi connectivity index (χ3n) is 25.3. The summed E-state index contributed by atoms with van der Waals surface area (Å²) in [5.41, 5.74) is 28.4. The molecule has 0 aliphatic carbocycles. The second kappa shape index (κ2) is 33.5. The van der Waals surface area contributed by atoms with E-state index >= 15 is 0 Å². The van der Waals surface area contributed by atoms with Crippen LogP contribution in [0.5, 0.6) is 0 Å². The zero-order chi connectivity index (χ0) is 89.8. The molecule has 17 aromatic rings. The first-order valence-corrected chi connectivity index (χ1v) is 42.9. The normalized spacial score (nSPS) is 17.7.